The normalized spacial score (nSPS) is 16.2. The number of carbonyl (C=O) groups excluding carboxylic acids is 1. The second-order valence-corrected chi connectivity index (χ2v) is 13.9. The summed E-state index contributed by atoms with van der Waals surface area (Å²) in [5.41, 5.74) is 5.65. The molecule has 1 aliphatic rings. The van der Waals surface area contributed by atoms with Crippen molar-refractivity contribution in [1.82, 2.24) is 0 Å². The zero-order valence-electron chi connectivity index (χ0n) is 30.0. The van der Waals surface area contributed by atoms with Crippen LogP contribution in [-0.2, 0) is 9.53 Å². The fourth-order valence-electron chi connectivity index (χ4n) is 6.09. The first kappa shape index (κ1) is 39.9. The van der Waals surface area contributed by atoms with Crippen LogP contribution in [-0.4, -0.2) is 12.6 Å². The van der Waals surface area contributed by atoms with Crippen molar-refractivity contribution in [3.05, 3.63) is 70.9 Å². The molecule has 0 saturated heterocycles. The Kier molecular flexibility index (Phi) is 23.7. The van der Waals surface area contributed by atoms with E-state index in [4.69, 9.17) is 4.74 Å². The van der Waals surface area contributed by atoms with Crippen LogP contribution in [0.15, 0.2) is 70.9 Å². The van der Waals surface area contributed by atoms with Gasteiger partial charge in [-0.3, -0.25) is 4.79 Å². The summed E-state index contributed by atoms with van der Waals surface area (Å²) >= 11 is 0. The first-order chi connectivity index (χ1) is 21.3. The third kappa shape index (κ3) is 21.6. The van der Waals surface area contributed by atoms with Gasteiger partial charge in [-0.25, -0.2) is 0 Å². The van der Waals surface area contributed by atoms with Gasteiger partial charge in [-0.2, -0.15) is 0 Å². The molecule has 0 fully saturated rings. The zero-order valence-corrected chi connectivity index (χ0v) is 30.0. The van der Waals surface area contributed by atoms with Gasteiger partial charge in [0.2, 0.25) is 0 Å². The Hall–Kier alpha value is -2.09. The lowest BCUT2D eigenvalue weighted by molar-refractivity contribution is -0.142. The van der Waals surface area contributed by atoms with Crippen LogP contribution in [0.1, 0.15) is 176 Å². The van der Waals surface area contributed by atoms with Crippen molar-refractivity contribution in [3.8, 4) is 0 Å². The second-order valence-electron chi connectivity index (χ2n) is 13.9. The predicted molar refractivity (Wildman–Crippen MR) is 195 cm³/mol. The van der Waals surface area contributed by atoms with Gasteiger partial charge in [0.15, 0.2) is 0 Å². The van der Waals surface area contributed by atoms with Crippen molar-refractivity contribution >= 4 is 5.97 Å². The van der Waals surface area contributed by atoms with Crippen LogP contribution in [0.4, 0.5) is 0 Å². The van der Waals surface area contributed by atoms with Crippen LogP contribution in [0, 0.1) is 5.41 Å². The molecule has 250 valence electrons. The van der Waals surface area contributed by atoms with E-state index in [0.717, 1.165) is 18.4 Å². The third-order valence-electron chi connectivity index (χ3n) is 9.07. The summed E-state index contributed by atoms with van der Waals surface area (Å²) in [6, 6.07) is 0. The second kappa shape index (κ2) is 26.2. The van der Waals surface area contributed by atoms with E-state index in [0.29, 0.717) is 13.0 Å². The average molecular weight is 607 g/mol. The van der Waals surface area contributed by atoms with Gasteiger partial charge in [0, 0.05) is 6.42 Å². The first-order valence-electron chi connectivity index (χ1n) is 18.5. The molecule has 1 rings (SSSR count). The van der Waals surface area contributed by atoms with Crippen molar-refractivity contribution < 1.29 is 9.53 Å². The van der Waals surface area contributed by atoms with Crippen molar-refractivity contribution in [3.63, 3.8) is 0 Å². The van der Waals surface area contributed by atoms with Crippen molar-refractivity contribution in [1.29, 1.82) is 0 Å². The van der Waals surface area contributed by atoms with E-state index < -0.39 is 0 Å². The molecule has 0 saturated carbocycles. The van der Waals surface area contributed by atoms with Gasteiger partial charge < -0.3 is 4.74 Å². The summed E-state index contributed by atoms with van der Waals surface area (Å²) in [4.78, 5) is 12.1. The van der Waals surface area contributed by atoms with Gasteiger partial charge in [-0.1, -0.05) is 157 Å². The lowest BCUT2D eigenvalue weighted by atomic mass is 9.72. The summed E-state index contributed by atoms with van der Waals surface area (Å²) in [6.45, 7) is 13.8. The summed E-state index contributed by atoms with van der Waals surface area (Å²) in [5.74, 6) is -0.0739. The summed E-state index contributed by atoms with van der Waals surface area (Å²) in [5, 5.41) is 0. The molecule has 2 nitrogen and oxygen atoms in total. The third-order valence-corrected chi connectivity index (χ3v) is 9.07. The molecule has 0 unspecified atom stereocenters. The topological polar surface area (TPSA) is 26.3 Å². The lowest BCUT2D eigenvalue weighted by Gasteiger charge is -2.32. The van der Waals surface area contributed by atoms with Crippen LogP contribution in [0.5, 0.6) is 0 Å². The minimum absolute atomic E-state index is 0.0739. The molecule has 0 aromatic carbocycles. The van der Waals surface area contributed by atoms with Crippen LogP contribution < -0.4 is 0 Å². The number of hydrogen-bond donors (Lipinski definition) is 0. The summed E-state index contributed by atoms with van der Waals surface area (Å²) in [6.07, 6.45) is 44.2. The fourth-order valence-corrected chi connectivity index (χ4v) is 6.09. The van der Waals surface area contributed by atoms with E-state index in [9.17, 15) is 4.79 Å². The molecular formula is C42H70O2. The molecule has 0 amide bonds. The molecule has 0 N–H and O–H groups in total. The van der Waals surface area contributed by atoms with Gasteiger partial charge in [0.05, 0.1) is 0 Å². The maximum absolute atomic E-state index is 12.1. The highest BCUT2D eigenvalue weighted by atomic mass is 16.5. The van der Waals surface area contributed by atoms with Crippen molar-refractivity contribution in [2.24, 2.45) is 5.41 Å². The van der Waals surface area contributed by atoms with Gasteiger partial charge in [-0.05, 0) is 89.2 Å². The SMILES string of the molecule is CCCCCCCC/C=C\CCCCCCCCCCCC(=O)OC/C=C(C)/C=C/C=C(C)/C=C/C1=C(C)CCCC1(C)C. The molecule has 2 heteroatoms. The number of hydrogen-bond acceptors (Lipinski definition) is 2. The minimum atomic E-state index is -0.0739. The largest absolute Gasteiger partial charge is 0.461 e. The molecule has 0 aromatic rings. The Balaban J connectivity index is 2.02. The van der Waals surface area contributed by atoms with Crippen molar-refractivity contribution in [2.75, 3.05) is 6.61 Å². The van der Waals surface area contributed by atoms with Gasteiger partial charge in [-0.15, -0.1) is 0 Å². The highest BCUT2D eigenvalue weighted by Crippen LogP contribution is 2.40. The maximum atomic E-state index is 12.1. The van der Waals surface area contributed by atoms with Gasteiger partial charge >= 0.3 is 5.97 Å². The first-order valence-corrected chi connectivity index (χ1v) is 18.5. The van der Waals surface area contributed by atoms with Crippen LogP contribution in [0.3, 0.4) is 0 Å². The Morgan fingerprint density at radius 1 is 0.773 bits per heavy atom. The number of allylic oxidation sites excluding steroid dienone is 11. The highest BCUT2D eigenvalue weighted by Gasteiger charge is 2.26. The van der Waals surface area contributed by atoms with Crippen molar-refractivity contribution in [2.45, 2.75) is 176 Å². The lowest BCUT2D eigenvalue weighted by Crippen LogP contribution is -2.19. The summed E-state index contributed by atoms with van der Waals surface area (Å²) < 4.78 is 5.43. The Morgan fingerprint density at radius 2 is 1.34 bits per heavy atom. The molecule has 1 aliphatic carbocycles. The molecule has 0 spiro atoms. The van der Waals surface area contributed by atoms with E-state index in [1.54, 1.807) is 0 Å². The molecule has 0 aliphatic heterocycles. The highest BCUT2D eigenvalue weighted by molar-refractivity contribution is 5.69. The Morgan fingerprint density at radius 3 is 1.93 bits per heavy atom. The standard InChI is InChI=1S/C42H70O2/c1-7-8-9-10-11-12-13-14-15-16-17-18-19-20-21-22-23-24-25-31-41(43)44-36-34-38(3)29-26-28-37(2)32-33-40-39(4)30-27-35-42(40,5)6/h14-15,26,28-29,32-34H,7-13,16-25,27,30-31,35-36H2,1-6H3/b15-14-,29-26+,33-32+,37-28+,38-34+. The summed E-state index contributed by atoms with van der Waals surface area (Å²) in [7, 11) is 0. The molecule has 0 aromatic heterocycles. The van der Waals surface area contributed by atoms with Crippen LogP contribution in [0.2, 0.25) is 0 Å². The Bertz CT molecular complexity index is 937. The van der Waals surface area contributed by atoms with E-state index in [2.05, 4.69) is 84.1 Å². The number of carbonyl (C=O) groups is 1. The average Bonchev–Trinajstić information content (AvgIpc) is 2.97. The smallest absolute Gasteiger partial charge is 0.306 e. The number of unbranched alkanes of at least 4 members (excludes halogenated alkanes) is 15. The molecule has 0 heterocycles. The number of esters is 1. The molecule has 44 heavy (non-hydrogen) atoms. The molecule has 0 bridgehead atoms. The van der Waals surface area contributed by atoms with Gasteiger partial charge in [0.1, 0.15) is 6.61 Å². The predicted octanol–water partition coefficient (Wildman–Crippen LogP) is 13.7. The van der Waals surface area contributed by atoms with Gasteiger partial charge in [0.25, 0.3) is 0 Å². The molecule has 0 radical (unpaired) electrons. The molecular weight excluding hydrogens is 536 g/mol. The quantitative estimate of drug-likeness (QED) is 0.0447. The monoisotopic (exact) mass is 607 g/mol. The van der Waals surface area contributed by atoms with E-state index in [1.165, 1.54) is 132 Å². The van der Waals surface area contributed by atoms with Crippen LogP contribution in [0.25, 0.3) is 0 Å². The fraction of sp³-hybridized carbons (Fsp3) is 0.690. The minimum Gasteiger partial charge on any atom is -0.461 e. The number of rotatable bonds is 25. The van der Waals surface area contributed by atoms with E-state index in [1.807, 2.05) is 6.08 Å². The van der Waals surface area contributed by atoms with Crippen LogP contribution >= 0.6 is 0 Å². The number of ether oxygens (including phenoxy) is 1. The van der Waals surface area contributed by atoms with E-state index >= 15 is 0 Å². The Labute approximate surface area is 274 Å². The molecule has 0 atom stereocenters. The maximum Gasteiger partial charge on any atom is 0.306 e. The van der Waals surface area contributed by atoms with E-state index in [-0.39, 0.29) is 11.4 Å². The zero-order chi connectivity index (χ0) is 32.3.